The van der Waals surface area contributed by atoms with Gasteiger partial charge in [-0.15, -0.1) is 4.65 Å². The fourth-order valence-electron chi connectivity index (χ4n) is 0.887. The van der Waals surface area contributed by atoms with Gasteiger partial charge in [0, 0.05) is 5.57 Å². The molecule has 0 rings (SSSR count). The highest BCUT2D eigenvalue weighted by atomic mass is 79.9. The average Bonchev–Trinajstić information content (AvgIpc) is 1.85. The molecule has 13 heavy (non-hydrogen) atoms. The molecular weight excluding hydrogens is 234 g/mol. The van der Waals surface area contributed by atoms with Crippen molar-refractivity contribution in [3.05, 3.63) is 12.2 Å². The van der Waals surface area contributed by atoms with Gasteiger partial charge >= 0.3 is 5.97 Å². The molecule has 0 radical (unpaired) electrons. The summed E-state index contributed by atoms with van der Waals surface area (Å²) in [5.41, 5.74) is 0.442. The quantitative estimate of drug-likeness (QED) is 0.346. The molecule has 3 nitrogen and oxygen atoms in total. The van der Waals surface area contributed by atoms with Crippen molar-refractivity contribution in [1.29, 1.82) is 0 Å². The van der Waals surface area contributed by atoms with Crippen LogP contribution in [0.3, 0.4) is 0 Å². The number of carbonyl (C=O) groups excluding carboxylic acids is 1. The molecule has 0 fully saturated rings. The van der Waals surface area contributed by atoms with Crippen molar-refractivity contribution in [1.82, 2.24) is 0 Å². The van der Waals surface area contributed by atoms with Gasteiger partial charge in [-0.2, -0.15) is 0 Å². The highest BCUT2D eigenvalue weighted by Gasteiger charge is 2.20. The van der Waals surface area contributed by atoms with E-state index in [2.05, 4.69) is 13.5 Å². The third kappa shape index (κ3) is 6.78. The SMILES string of the molecule is C=C(C)C(=O)O[N+](C)(C)CCC.[Br-]. The Balaban J connectivity index is 0. The molecule has 0 aromatic carbocycles. The molecule has 0 atom stereocenters. The van der Waals surface area contributed by atoms with Crippen LogP contribution in [0.1, 0.15) is 20.3 Å². The standard InChI is InChI=1S/C9H18NO2.BrH/c1-6-7-10(4,5)12-9(11)8(2)3;/h2,6-7H2,1,3-5H3;1H/q+1;/p-1. The fourth-order valence-corrected chi connectivity index (χ4v) is 0.887. The van der Waals surface area contributed by atoms with Gasteiger partial charge in [-0.25, -0.2) is 4.79 Å². The van der Waals surface area contributed by atoms with Crippen molar-refractivity contribution in [2.24, 2.45) is 0 Å². The molecule has 0 spiro atoms. The number of hydroxylamine groups is 3. The molecule has 0 aromatic heterocycles. The topological polar surface area (TPSA) is 26.3 Å². The molecule has 78 valence electrons. The number of nitrogens with zero attached hydrogens (tertiary/aromatic N) is 1. The molecule has 0 aliphatic rings. The van der Waals surface area contributed by atoms with Gasteiger partial charge in [0.1, 0.15) is 20.6 Å². The Morgan fingerprint density at radius 2 is 1.92 bits per heavy atom. The first-order chi connectivity index (χ1) is 5.39. The van der Waals surface area contributed by atoms with E-state index >= 15 is 0 Å². The van der Waals surface area contributed by atoms with Gasteiger partial charge < -0.3 is 17.0 Å². The maximum atomic E-state index is 11.1. The van der Waals surface area contributed by atoms with Crippen LogP contribution in [0.25, 0.3) is 0 Å². The lowest BCUT2D eigenvalue weighted by molar-refractivity contribution is -1.06. The number of carbonyl (C=O) groups is 1. The van der Waals surface area contributed by atoms with E-state index in [1.165, 1.54) is 0 Å². The highest BCUT2D eigenvalue weighted by molar-refractivity contribution is 5.86. The Morgan fingerprint density at radius 1 is 1.46 bits per heavy atom. The normalized spacial score (nSPS) is 10.2. The number of quaternary nitrogens is 1. The first-order valence-corrected chi connectivity index (χ1v) is 4.11. The van der Waals surface area contributed by atoms with E-state index < -0.39 is 0 Å². The minimum absolute atomic E-state index is 0. The summed E-state index contributed by atoms with van der Waals surface area (Å²) < 4.78 is 0.266. The van der Waals surface area contributed by atoms with Gasteiger partial charge in [0.2, 0.25) is 0 Å². The molecule has 0 bridgehead atoms. The lowest BCUT2D eigenvalue weighted by atomic mass is 10.4. The molecule has 0 saturated carbocycles. The van der Waals surface area contributed by atoms with Gasteiger partial charge in [0.15, 0.2) is 0 Å². The summed E-state index contributed by atoms with van der Waals surface area (Å²) in [7, 11) is 3.70. The molecule has 0 heterocycles. The molecule has 0 amide bonds. The Hall–Kier alpha value is -0.350. The second-order valence-corrected chi connectivity index (χ2v) is 3.46. The maximum absolute atomic E-state index is 11.1. The van der Waals surface area contributed by atoms with Crippen molar-refractivity contribution in [3.8, 4) is 0 Å². The minimum atomic E-state index is -0.326. The molecule has 0 unspecified atom stereocenters. The van der Waals surface area contributed by atoms with Gasteiger partial charge in [0.25, 0.3) is 0 Å². The van der Waals surface area contributed by atoms with Crippen molar-refractivity contribution >= 4 is 5.97 Å². The predicted molar refractivity (Wildman–Crippen MR) is 48.2 cm³/mol. The van der Waals surface area contributed by atoms with Crippen LogP contribution in [0, 0.1) is 0 Å². The number of hydrogen-bond donors (Lipinski definition) is 0. The lowest BCUT2D eigenvalue weighted by Gasteiger charge is -2.25. The van der Waals surface area contributed by atoms with E-state index in [9.17, 15) is 4.79 Å². The molecule has 0 aromatic rings. The first kappa shape index (κ1) is 15.1. The minimum Gasteiger partial charge on any atom is -1.00 e. The van der Waals surface area contributed by atoms with Crippen LogP contribution in [0.15, 0.2) is 12.2 Å². The summed E-state index contributed by atoms with van der Waals surface area (Å²) in [5.74, 6) is -0.326. The first-order valence-electron chi connectivity index (χ1n) is 4.11. The number of rotatable bonds is 4. The van der Waals surface area contributed by atoms with Gasteiger partial charge in [0.05, 0.1) is 0 Å². The van der Waals surface area contributed by atoms with Gasteiger partial charge in [-0.1, -0.05) is 13.5 Å². The number of halogens is 1. The Bertz CT molecular complexity index is 190. The van der Waals surface area contributed by atoms with Crippen LogP contribution >= 0.6 is 0 Å². The molecule has 0 aliphatic heterocycles. The smallest absolute Gasteiger partial charge is 0.392 e. The van der Waals surface area contributed by atoms with Crippen LogP contribution in [0.5, 0.6) is 0 Å². The second kappa shape index (κ2) is 6.16. The molecule has 0 saturated heterocycles. The van der Waals surface area contributed by atoms with E-state index in [1.807, 2.05) is 14.1 Å². The third-order valence-corrected chi connectivity index (χ3v) is 1.44. The van der Waals surface area contributed by atoms with E-state index in [-0.39, 0.29) is 27.6 Å². The lowest BCUT2D eigenvalue weighted by Crippen LogP contribution is -3.00. The maximum Gasteiger partial charge on any atom is 0.392 e. The molecule has 4 heteroatoms. The Labute approximate surface area is 90.7 Å². The van der Waals surface area contributed by atoms with Gasteiger partial charge in [-0.05, 0) is 13.3 Å². The highest BCUT2D eigenvalue weighted by Crippen LogP contribution is 2.04. The van der Waals surface area contributed by atoms with Crippen molar-refractivity contribution in [3.63, 3.8) is 0 Å². The summed E-state index contributed by atoms with van der Waals surface area (Å²) in [6.07, 6.45) is 0.983. The van der Waals surface area contributed by atoms with Crippen LogP contribution in [0.4, 0.5) is 0 Å². The zero-order valence-corrected chi connectivity index (χ0v) is 10.3. The van der Waals surface area contributed by atoms with Crippen molar-refractivity contribution in [2.75, 3.05) is 20.6 Å². The summed E-state index contributed by atoms with van der Waals surface area (Å²) in [5, 5.41) is 0. The van der Waals surface area contributed by atoms with Gasteiger partial charge in [-0.3, -0.25) is 4.84 Å². The molecule has 0 aliphatic carbocycles. The van der Waals surface area contributed by atoms with Crippen molar-refractivity contribution in [2.45, 2.75) is 20.3 Å². The van der Waals surface area contributed by atoms with E-state index in [0.717, 1.165) is 13.0 Å². The largest absolute Gasteiger partial charge is 1.00 e. The van der Waals surface area contributed by atoms with E-state index in [1.54, 1.807) is 6.92 Å². The average molecular weight is 252 g/mol. The van der Waals surface area contributed by atoms with Crippen LogP contribution in [-0.4, -0.2) is 31.3 Å². The summed E-state index contributed by atoms with van der Waals surface area (Å²) >= 11 is 0. The Morgan fingerprint density at radius 3 is 2.23 bits per heavy atom. The third-order valence-electron chi connectivity index (χ3n) is 1.44. The Kier molecular flexibility index (Phi) is 7.17. The number of hydrogen-bond acceptors (Lipinski definition) is 2. The summed E-state index contributed by atoms with van der Waals surface area (Å²) in [4.78, 5) is 16.2. The van der Waals surface area contributed by atoms with Crippen LogP contribution in [0.2, 0.25) is 0 Å². The second-order valence-electron chi connectivity index (χ2n) is 3.46. The summed E-state index contributed by atoms with van der Waals surface area (Å²) in [6.45, 7) is 8.03. The monoisotopic (exact) mass is 251 g/mol. The molecular formula is C9H18BrNO2. The fraction of sp³-hybridized carbons (Fsp3) is 0.667. The van der Waals surface area contributed by atoms with E-state index in [4.69, 9.17) is 4.84 Å². The zero-order chi connectivity index (χ0) is 9.78. The van der Waals surface area contributed by atoms with Crippen LogP contribution < -0.4 is 17.0 Å². The molecule has 0 N–H and O–H groups in total. The predicted octanol–water partition coefficient (Wildman–Crippen LogP) is -1.49. The zero-order valence-electron chi connectivity index (χ0n) is 8.76. The summed E-state index contributed by atoms with van der Waals surface area (Å²) in [6, 6.07) is 0. The van der Waals surface area contributed by atoms with E-state index in [0.29, 0.717) is 5.57 Å². The van der Waals surface area contributed by atoms with Crippen molar-refractivity contribution < 1.29 is 31.3 Å². The van der Waals surface area contributed by atoms with Crippen LogP contribution in [-0.2, 0) is 9.63 Å².